The first kappa shape index (κ1) is 12.1. The average Bonchev–Trinajstić information content (AvgIpc) is 2.40. The molecule has 3 rings (SSSR count). The van der Waals surface area contributed by atoms with Crippen LogP contribution in [0.2, 0.25) is 0 Å². The lowest BCUT2D eigenvalue weighted by Gasteiger charge is -2.35. The fourth-order valence-electron chi connectivity index (χ4n) is 3.05. The minimum absolute atomic E-state index is 0.109. The number of rotatable bonds is 1. The fourth-order valence-corrected chi connectivity index (χ4v) is 3.05. The van der Waals surface area contributed by atoms with Gasteiger partial charge in [-0.05, 0) is 65.6 Å². The van der Waals surface area contributed by atoms with Crippen molar-refractivity contribution in [3.05, 3.63) is 59.2 Å². The third-order valence-electron chi connectivity index (χ3n) is 4.28. The van der Waals surface area contributed by atoms with Crippen LogP contribution in [-0.2, 0) is 18.3 Å². The molecule has 0 bridgehead atoms. The first-order valence-electron chi connectivity index (χ1n) is 6.67. The summed E-state index contributed by atoms with van der Waals surface area (Å²) in [6.45, 7) is 2.27. The van der Waals surface area contributed by atoms with Crippen LogP contribution in [0.3, 0.4) is 0 Å². The van der Waals surface area contributed by atoms with Gasteiger partial charge in [-0.25, -0.2) is 0 Å². The van der Waals surface area contributed by atoms with Gasteiger partial charge in [-0.1, -0.05) is 25.1 Å². The molecule has 1 aliphatic carbocycles. The van der Waals surface area contributed by atoms with E-state index in [0.717, 1.165) is 19.3 Å². The Hall–Kier alpha value is -1.96. The molecular formula is C17H18O2. The molecule has 2 aromatic carbocycles. The van der Waals surface area contributed by atoms with E-state index in [2.05, 4.69) is 6.92 Å². The highest BCUT2D eigenvalue weighted by Gasteiger charge is 2.31. The van der Waals surface area contributed by atoms with E-state index < -0.39 is 0 Å². The zero-order valence-electron chi connectivity index (χ0n) is 11.1. The SMILES string of the molecule is CC1(c2ccc(O)cc2)CCc2cc(O)ccc2C1. The zero-order valence-corrected chi connectivity index (χ0v) is 11.1. The molecule has 1 unspecified atom stereocenters. The van der Waals surface area contributed by atoms with Gasteiger partial charge in [-0.2, -0.15) is 0 Å². The molecule has 19 heavy (non-hydrogen) atoms. The maximum atomic E-state index is 9.54. The molecule has 0 amide bonds. The van der Waals surface area contributed by atoms with Gasteiger partial charge in [0, 0.05) is 0 Å². The summed E-state index contributed by atoms with van der Waals surface area (Å²) in [6.07, 6.45) is 3.03. The van der Waals surface area contributed by atoms with E-state index in [1.807, 2.05) is 24.3 Å². The standard InChI is InChI=1S/C17H18O2/c1-17(14-3-6-15(18)7-4-14)9-8-12-10-16(19)5-2-13(12)11-17/h2-7,10,18-19H,8-9,11H2,1H3. The van der Waals surface area contributed by atoms with E-state index in [-0.39, 0.29) is 5.41 Å². The summed E-state index contributed by atoms with van der Waals surface area (Å²) in [7, 11) is 0. The molecule has 0 saturated carbocycles. The van der Waals surface area contributed by atoms with Crippen molar-refractivity contribution in [3.8, 4) is 11.5 Å². The van der Waals surface area contributed by atoms with Crippen molar-refractivity contribution in [1.29, 1.82) is 0 Å². The Labute approximate surface area is 113 Å². The molecule has 1 atom stereocenters. The summed E-state index contributed by atoms with van der Waals surface area (Å²) in [6, 6.07) is 13.2. The molecule has 0 spiro atoms. The lowest BCUT2D eigenvalue weighted by molar-refractivity contribution is 0.404. The summed E-state index contributed by atoms with van der Waals surface area (Å²) < 4.78 is 0. The Morgan fingerprint density at radius 2 is 1.58 bits per heavy atom. The molecule has 0 radical (unpaired) electrons. The Morgan fingerprint density at radius 3 is 2.32 bits per heavy atom. The number of phenols is 2. The first-order chi connectivity index (χ1) is 9.07. The number of fused-ring (bicyclic) bond motifs is 1. The number of aromatic hydroxyl groups is 2. The van der Waals surface area contributed by atoms with Crippen LogP contribution < -0.4 is 0 Å². The molecule has 2 aromatic rings. The Kier molecular flexibility index (Phi) is 2.74. The summed E-state index contributed by atoms with van der Waals surface area (Å²) in [5.74, 6) is 0.667. The third-order valence-corrected chi connectivity index (χ3v) is 4.28. The smallest absolute Gasteiger partial charge is 0.115 e. The maximum Gasteiger partial charge on any atom is 0.115 e. The summed E-state index contributed by atoms with van der Waals surface area (Å²) in [4.78, 5) is 0. The lowest BCUT2D eigenvalue weighted by atomic mass is 9.69. The van der Waals surface area contributed by atoms with Gasteiger partial charge < -0.3 is 10.2 Å². The van der Waals surface area contributed by atoms with Gasteiger partial charge in [0.15, 0.2) is 0 Å². The summed E-state index contributed by atoms with van der Waals surface area (Å²) in [5, 5.41) is 18.9. The minimum Gasteiger partial charge on any atom is -0.508 e. The van der Waals surface area contributed by atoms with Crippen LogP contribution in [0.1, 0.15) is 30.0 Å². The second-order valence-electron chi connectivity index (χ2n) is 5.74. The molecule has 98 valence electrons. The summed E-state index contributed by atoms with van der Waals surface area (Å²) >= 11 is 0. The highest BCUT2D eigenvalue weighted by atomic mass is 16.3. The monoisotopic (exact) mass is 254 g/mol. The predicted molar refractivity (Wildman–Crippen MR) is 75.6 cm³/mol. The number of hydrogen-bond donors (Lipinski definition) is 2. The van der Waals surface area contributed by atoms with E-state index in [4.69, 9.17) is 0 Å². The zero-order chi connectivity index (χ0) is 13.5. The molecular weight excluding hydrogens is 236 g/mol. The molecule has 0 fully saturated rings. The number of aryl methyl sites for hydroxylation is 1. The molecule has 2 heteroatoms. The quantitative estimate of drug-likeness (QED) is 0.817. The van der Waals surface area contributed by atoms with Gasteiger partial charge >= 0.3 is 0 Å². The fraction of sp³-hybridized carbons (Fsp3) is 0.294. The summed E-state index contributed by atoms with van der Waals surface area (Å²) in [5.41, 5.74) is 3.96. The van der Waals surface area contributed by atoms with Crippen LogP contribution in [0.5, 0.6) is 11.5 Å². The first-order valence-corrected chi connectivity index (χ1v) is 6.67. The van der Waals surface area contributed by atoms with E-state index >= 15 is 0 Å². The highest BCUT2D eigenvalue weighted by molar-refractivity contribution is 5.41. The second-order valence-corrected chi connectivity index (χ2v) is 5.74. The van der Waals surface area contributed by atoms with Gasteiger partial charge in [-0.3, -0.25) is 0 Å². The second kappa shape index (κ2) is 4.30. The largest absolute Gasteiger partial charge is 0.508 e. The Morgan fingerprint density at radius 1 is 0.895 bits per heavy atom. The molecule has 2 N–H and O–H groups in total. The number of phenolic OH excluding ortho intramolecular Hbond substituents is 2. The van der Waals surface area contributed by atoms with Crippen molar-refractivity contribution in [2.75, 3.05) is 0 Å². The van der Waals surface area contributed by atoms with Crippen LogP contribution in [0.25, 0.3) is 0 Å². The normalized spacial score (nSPS) is 21.9. The van der Waals surface area contributed by atoms with Crippen molar-refractivity contribution in [3.63, 3.8) is 0 Å². The van der Waals surface area contributed by atoms with Crippen molar-refractivity contribution in [2.24, 2.45) is 0 Å². The van der Waals surface area contributed by atoms with Gasteiger partial charge in [0.05, 0.1) is 0 Å². The minimum atomic E-state index is 0.109. The van der Waals surface area contributed by atoms with Crippen LogP contribution >= 0.6 is 0 Å². The van der Waals surface area contributed by atoms with E-state index in [9.17, 15) is 10.2 Å². The maximum absolute atomic E-state index is 9.54. The van der Waals surface area contributed by atoms with Crippen molar-refractivity contribution >= 4 is 0 Å². The van der Waals surface area contributed by atoms with Gasteiger partial charge in [0.1, 0.15) is 11.5 Å². The Bertz CT molecular complexity index is 601. The number of hydrogen-bond acceptors (Lipinski definition) is 2. The lowest BCUT2D eigenvalue weighted by Crippen LogP contribution is -2.30. The van der Waals surface area contributed by atoms with E-state index in [0.29, 0.717) is 11.5 Å². The van der Waals surface area contributed by atoms with Crippen molar-refractivity contribution in [2.45, 2.75) is 31.6 Å². The molecule has 0 saturated heterocycles. The van der Waals surface area contributed by atoms with Crippen LogP contribution in [-0.4, -0.2) is 10.2 Å². The van der Waals surface area contributed by atoms with E-state index in [1.54, 1.807) is 18.2 Å². The number of benzene rings is 2. The highest BCUT2D eigenvalue weighted by Crippen LogP contribution is 2.39. The van der Waals surface area contributed by atoms with Crippen LogP contribution in [0, 0.1) is 0 Å². The molecule has 2 nitrogen and oxygen atoms in total. The molecule has 0 aliphatic heterocycles. The van der Waals surface area contributed by atoms with Crippen molar-refractivity contribution < 1.29 is 10.2 Å². The topological polar surface area (TPSA) is 40.5 Å². The van der Waals surface area contributed by atoms with Gasteiger partial charge in [0.25, 0.3) is 0 Å². The van der Waals surface area contributed by atoms with Crippen LogP contribution in [0.15, 0.2) is 42.5 Å². The molecule has 0 aromatic heterocycles. The Balaban J connectivity index is 1.95. The van der Waals surface area contributed by atoms with Crippen molar-refractivity contribution in [1.82, 2.24) is 0 Å². The van der Waals surface area contributed by atoms with Gasteiger partial charge in [0.2, 0.25) is 0 Å². The third kappa shape index (κ3) is 2.19. The van der Waals surface area contributed by atoms with E-state index in [1.165, 1.54) is 16.7 Å². The molecule has 0 heterocycles. The average molecular weight is 254 g/mol. The molecule has 1 aliphatic rings. The van der Waals surface area contributed by atoms with Crippen LogP contribution in [0.4, 0.5) is 0 Å². The predicted octanol–water partition coefficient (Wildman–Crippen LogP) is 3.54. The van der Waals surface area contributed by atoms with Gasteiger partial charge in [-0.15, -0.1) is 0 Å².